The predicted molar refractivity (Wildman–Crippen MR) is 93.8 cm³/mol. The summed E-state index contributed by atoms with van der Waals surface area (Å²) in [4.78, 5) is 24.1. The predicted octanol–water partition coefficient (Wildman–Crippen LogP) is 2.90. The number of thiophene rings is 1. The number of benzene rings is 1. The Morgan fingerprint density at radius 1 is 1.21 bits per heavy atom. The number of rotatable bonds is 4. The van der Waals surface area contributed by atoms with Crippen LogP contribution in [0.15, 0.2) is 41.9 Å². The minimum Gasteiger partial charge on any atom is -0.365 e. The normalized spacial score (nSPS) is 10.6. The van der Waals surface area contributed by atoms with Crippen molar-refractivity contribution < 1.29 is 9.59 Å². The van der Waals surface area contributed by atoms with Crippen molar-refractivity contribution in [2.24, 2.45) is 5.73 Å². The fraction of sp³-hybridized carbons (Fsp3) is 0.118. The van der Waals surface area contributed by atoms with E-state index in [-0.39, 0.29) is 5.91 Å². The molecule has 0 radical (unpaired) electrons. The lowest BCUT2D eigenvalue weighted by molar-refractivity contribution is 0.100. The molecule has 0 spiro atoms. The first-order valence-corrected chi connectivity index (χ1v) is 8.16. The lowest BCUT2D eigenvalue weighted by Gasteiger charge is -2.06. The smallest absolute Gasteiger partial charge is 0.259 e. The van der Waals surface area contributed by atoms with Crippen molar-refractivity contribution in [3.05, 3.63) is 64.3 Å². The van der Waals surface area contributed by atoms with Crippen LogP contribution in [0.5, 0.6) is 0 Å². The van der Waals surface area contributed by atoms with Gasteiger partial charge in [0.1, 0.15) is 5.00 Å². The topological polar surface area (TPSA) is 90.0 Å². The van der Waals surface area contributed by atoms with E-state index in [1.807, 2.05) is 37.3 Å². The standard InChI is InChI=1S/C17H16N4O2S/c1-10-9-24-17(14(10)15(18)22)20-16(23)13-8-19-21(11(13)2)12-6-4-3-5-7-12/h3-9H,1-2H3,(H2,18,22)(H,20,23). The van der Waals surface area contributed by atoms with E-state index in [9.17, 15) is 9.59 Å². The summed E-state index contributed by atoms with van der Waals surface area (Å²) in [5.74, 6) is -0.875. The third-order valence-corrected chi connectivity index (χ3v) is 4.72. The van der Waals surface area contributed by atoms with Gasteiger partial charge >= 0.3 is 0 Å². The average molecular weight is 340 g/mol. The van der Waals surface area contributed by atoms with Gasteiger partial charge in [0.2, 0.25) is 0 Å². The molecule has 3 rings (SSSR count). The first kappa shape index (κ1) is 15.9. The molecular formula is C17H16N4O2S. The van der Waals surface area contributed by atoms with E-state index in [1.54, 1.807) is 17.0 Å². The maximum absolute atomic E-state index is 12.6. The van der Waals surface area contributed by atoms with Crippen molar-refractivity contribution >= 4 is 28.2 Å². The highest BCUT2D eigenvalue weighted by atomic mass is 32.1. The molecule has 2 aromatic heterocycles. The molecule has 0 fully saturated rings. The summed E-state index contributed by atoms with van der Waals surface area (Å²) in [7, 11) is 0. The molecule has 2 amide bonds. The van der Waals surface area contributed by atoms with Gasteiger partial charge in [-0.05, 0) is 36.9 Å². The maximum Gasteiger partial charge on any atom is 0.259 e. The molecule has 6 nitrogen and oxygen atoms in total. The van der Waals surface area contributed by atoms with Crippen LogP contribution in [-0.2, 0) is 0 Å². The Labute approximate surface area is 142 Å². The van der Waals surface area contributed by atoms with Crippen LogP contribution < -0.4 is 11.1 Å². The molecule has 1 aromatic carbocycles. The second-order valence-corrected chi connectivity index (χ2v) is 6.21. The summed E-state index contributed by atoms with van der Waals surface area (Å²) in [6.45, 7) is 3.61. The SMILES string of the molecule is Cc1csc(NC(=O)c2cnn(-c3ccccc3)c2C)c1C(N)=O. The van der Waals surface area contributed by atoms with Crippen molar-refractivity contribution in [2.45, 2.75) is 13.8 Å². The Balaban J connectivity index is 1.90. The number of primary amides is 1. The number of nitrogens with zero attached hydrogens (tertiary/aromatic N) is 2. The van der Waals surface area contributed by atoms with Crippen LogP contribution in [0.25, 0.3) is 5.69 Å². The quantitative estimate of drug-likeness (QED) is 0.765. The highest BCUT2D eigenvalue weighted by Gasteiger charge is 2.20. The molecule has 2 heterocycles. The molecule has 0 bridgehead atoms. The van der Waals surface area contributed by atoms with Gasteiger partial charge in [0.25, 0.3) is 11.8 Å². The molecule has 3 aromatic rings. The van der Waals surface area contributed by atoms with Crippen LogP contribution in [0.3, 0.4) is 0 Å². The van der Waals surface area contributed by atoms with Crippen molar-refractivity contribution in [2.75, 3.05) is 5.32 Å². The van der Waals surface area contributed by atoms with Gasteiger partial charge in [-0.3, -0.25) is 9.59 Å². The van der Waals surface area contributed by atoms with Crippen LogP contribution in [0.2, 0.25) is 0 Å². The summed E-state index contributed by atoms with van der Waals surface area (Å²) >= 11 is 1.28. The first-order valence-electron chi connectivity index (χ1n) is 7.28. The van der Waals surface area contributed by atoms with E-state index in [0.717, 1.165) is 11.3 Å². The van der Waals surface area contributed by atoms with Crippen molar-refractivity contribution in [1.82, 2.24) is 9.78 Å². The minimum absolute atomic E-state index is 0.320. The Kier molecular flexibility index (Phi) is 4.18. The van der Waals surface area contributed by atoms with Gasteiger partial charge in [-0.25, -0.2) is 4.68 Å². The largest absolute Gasteiger partial charge is 0.365 e. The number of aromatic nitrogens is 2. The molecular weight excluding hydrogens is 324 g/mol. The average Bonchev–Trinajstić information content (AvgIpc) is 3.11. The lowest BCUT2D eigenvalue weighted by Crippen LogP contribution is -2.17. The maximum atomic E-state index is 12.6. The Hall–Kier alpha value is -2.93. The van der Waals surface area contributed by atoms with E-state index in [4.69, 9.17) is 5.73 Å². The van der Waals surface area contributed by atoms with Crippen LogP contribution >= 0.6 is 11.3 Å². The number of carbonyl (C=O) groups is 2. The molecule has 0 atom stereocenters. The molecule has 0 saturated heterocycles. The summed E-state index contributed by atoms with van der Waals surface area (Å²) in [6.07, 6.45) is 1.52. The van der Waals surface area contributed by atoms with Gasteiger partial charge in [-0.2, -0.15) is 5.10 Å². The molecule has 0 aliphatic carbocycles. The molecule has 3 N–H and O–H groups in total. The Morgan fingerprint density at radius 2 is 1.92 bits per heavy atom. The van der Waals surface area contributed by atoms with Gasteiger partial charge in [0.05, 0.1) is 28.7 Å². The lowest BCUT2D eigenvalue weighted by atomic mass is 10.2. The monoisotopic (exact) mass is 340 g/mol. The van der Waals surface area contributed by atoms with Gasteiger partial charge < -0.3 is 11.1 Å². The Morgan fingerprint density at radius 3 is 2.58 bits per heavy atom. The number of amides is 2. The molecule has 0 aliphatic heterocycles. The molecule has 0 aliphatic rings. The zero-order chi connectivity index (χ0) is 17.3. The fourth-order valence-electron chi connectivity index (χ4n) is 2.47. The summed E-state index contributed by atoms with van der Waals surface area (Å²) in [6, 6.07) is 9.55. The highest BCUT2D eigenvalue weighted by Crippen LogP contribution is 2.28. The summed E-state index contributed by atoms with van der Waals surface area (Å²) in [5, 5.41) is 9.28. The van der Waals surface area contributed by atoms with Gasteiger partial charge in [0.15, 0.2) is 0 Å². The van der Waals surface area contributed by atoms with Gasteiger partial charge in [-0.1, -0.05) is 18.2 Å². The molecule has 122 valence electrons. The fourth-order valence-corrected chi connectivity index (χ4v) is 3.42. The summed E-state index contributed by atoms with van der Waals surface area (Å²) < 4.78 is 1.70. The van der Waals surface area contributed by atoms with Gasteiger partial charge in [0, 0.05) is 0 Å². The van der Waals surface area contributed by atoms with Crippen molar-refractivity contribution in [1.29, 1.82) is 0 Å². The molecule has 0 saturated carbocycles. The first-order chi connectivity index (χ1) is 11.5. The van der Waals surface area contributed by atoms with E-state index < -0.39 is 5.91 Å². The minimum atomic E-state index is -0.555. The number of hydrogen-bond donors (Lipinski definition) is 2. The zero-order valence-electron chi connectivity index (χ0n) is 13.2. The number of hydrogen-bond acceptors (Lipinski definition) is 4. The van der Waals surface area contributed by atoms with Crippen LogP contribution in [0.1, 0.15) is 32.0 Å². The van der Waals surface area contributed by atoms with E-state index in [1.165, 1.54) is 17.5 Å². The molecule has 24 heavy (non-hydrogen) atoms. The third-order valence-electron chi connectivity index (χ3n) is 3.70. The number of aryl methyl sites for hydroxylation is 1. The van der Waals surface area contributed by atoms with Gasteiger partial charge in [-0.15, -0.1) is 11.3 Å². The van der Waals surface area contributed by atoms with Crippen LogP contribution in [0, 0.1) is 13.8 Å². The second-order valence-electron chi connectivity index (χ2n) is 5.33. The number of para-hydroxylation sites is 1. The van der Waals surface area contributed by atoms with Crippen LogP contribution in [0.4, 0.5) is 5.00 Å². The second kappa shape index (κ2) is 6.29. The highest BCUT2D eigenvalue weighted by molar-refractivity contribution is 7.15. The number of nitrogens with one attached hydrogen (secondary N) is 1. The van der Waals surface area contributed by atoms with E-state index >= 15 is 0 Å². The van der Waals surface area contributed by atoms with Crippen LogP contribution in [-0.4, -0.2) is 21.6 Å². The summed E-state index contributed by atoms with van der Waals surface area (Å²) in [5.41, 5.74) is 8.52. The number of nitrogens with two attached hydrogens (primary N) is 1. The zero-order valence-corrected chi connectivity index (χ0v) is 14.1. The molecule has 7 heteroatoms. The molecule has 0 unspecified atom stereocenters. The van der Waals surface area contributed by atoms with E-state index in [0.29, 0.717) is 21.8 Å². The Bertz CT molecular complexity index is 912. The van der Waals surface area contributed by atoms with Crippen molar-refractivity contribution in [3.63, 3.8) is 0 Å². The van der Waals surface area contributed by atoms with Crippen molar-refractivity contribution in [3.8, 4) is 5.69 Å². The number of anilines is 1. The number of carbonyl (C=O) groups excluding carboxylic acids is 2. The third kappa shape index (κ3) is 2.81. The van der Waals surface area contributed by atoms with E-state index in [2.05, 4.69) is 10.4 Å².